The highest BCUT2D eigenvalue weighted by molar-refractivity contribution is 5.87. The van der Waals surface area contributed by atoms with E-state index in [0.29, 0.717) is 13.0 Å². The quantitative estimate of drug-likeness (QED) is 0.649. The third-order valence-corrected chi connectivity index (χ3v) is 3.19. The minimum absolute atomic E-state index is 0.0310. The van der Waals surface area contributed by atoms with E-state index in [1.807, 2.05) is 13.8 Å². The minimum atomic E-state index is -0.686. The minimum Gasteiger partial charge on any atom is -0.394 e. The van der Waals surface area contributed by atoms with Gasteiger partial charge in [0.25, 0.3) is 0 Å². The first kappa shape index (κ1) is 14.8. The molecule has 2 atom stereocenters. The zero-order valence-electron chi connectivity index (χ0n) is 11.1. The van der Waals surface area contributed by atoms with Gasteiger partial charge in [0.1, 0.15) is 6.04 Å². The molecule has 0 spiro atoms. The molecule has 0 aliphatic carbocycles. The number of nitrogens with two attached hydrogens (primary N) is 1. The normalized spacial score (nSPS) is 21.1. The molecule has 0 bridgehead atoms. The van der Waals surface area contributed by atoms with Gasteiger partial charge in [-0.15, -0.1) is 0 Å². The monoisotopic (exact) mass is 257 g/mol. The van der Waals surface area contributed by atoms with Crippen molar-refractivity contribution in [2.24, 2.45) is 11.7 Å². The van der Waals surface area contributed by atoms with Crippen molar-refractivity contribution in [3.8, 4) is 0 Å². The van der Waals surface area contributed by atoms with Crippen LogP contribution in [0.3, 0.4) is 0 Å². The van der Waals surface area contributed by atoms with E-state index in [0.717, 1.165) is 12.8 Å². The molecule has 2 unspecified atom stereocenters. The van der Waals surface area contributed by atoms with Crippen LogP contribution >= 0.6 is 0 Å². The lowest BCUT2D eigenvalue weighted by Gasteiger charge is -2.28. The summed E-state index contributed by atoms with van der Waals surface area (Å²) in [6.45, 7) is 4.57. The first-order valence-corrected chi connectivity index (χ1v) is 6.43. The first-order valence-electron chi connectivity index (χ1n) is 6.43. The highest BCUT2D eigenvalue weighted by Gasteiger charge is 2.33. The molecule has 0 aromatic carbocycles. The van der Waals surface area contributed by atoms with Crippen LogP contribution in [0.5, 0.6) is 0 Å². The lowest BCUT2D eigenvalue weighted by atomic mass is 10.0. The molecule has 0 aromatic rings. The Morgan fingerprint density at radius 2 is 2.17 bits per heavy atom. The molecule has 1 heterocycles. The van der Waals surface area contributed by atoms with Crippen molar-refractivity contribution < 1.29 is 14.7 Å². The van der Waals surface area contributed by atoms with Gasteiger partial charge in [-0.3, -0.25) is 4.79 Å². The standard InChI is InChI=1S/C12H23N3O3/c1-8(2)6-10(14-12(13)18)11(17)15-5-3-4-9(15)7-16/h8-10,16H,3-7H2,1-2H3,(H3,13,14,18). The second-order valence-electron chi connectivity index (χ2n) is 5.20. The number of hydrogen-bond donors (Lipinski definition) is 3. The summed E-state index contributed by atoms with van der Waals surface area (Å²) in [6, 6.07) is -1.40. The summed E-state index contributed by atoms with van der Waals surface area (Å²) >= 11 is 0. The number of nitrogens with zero attached hydrogens (tertiary/aromatic N) is 1. The maximum atomic E-state index is 12.3. The van der Waals surface area contributed by atoms with Crippen LogP contribution in [-0.2, 0) is 4.79 Å². The molecule has 6 heteroatoms. The SMILES string of the molecule is CC(C)CC(NC(N)=O)C(=O)N1CCCC1CO. The summed E-state index contributed by atoms with van der Waals surface area (Å²) in [5, 5.41) is 11.7. The van der Waals surface area contributed by atoms with Crippen LogP contribution in [0.4, 0.5) is 4.79 Å². The number of rotatable bonds is 5. The van der Waals surface area contributed by atoms with E-state index in [2.05, 4.69) is 5.32 Å². The van der Waals surface area contributed by atoms with Gasteiger partial charge in [-0.2, -0.15) is 0 Å². The third-order valence-electron chi connectivity index (χ3n) is 3.19. The van der Waals surface area contributed by atoms with Gasteiger partial charge in [-0.05, 0) is 25.2 Å². The lowest BCUT2D eigenvalue weighted by Crippen LogP contribution is -2.52. The Hall–Kier alpha value is -1.30. The number of aliphatic hydroxyl groups excluding tert-OH is 1. The summed E-state index contributed by atoms with van der Waals surface area (Å²) < 4.78 is 0. The highest BCUT2D eigenvalue weighted by atomic mass is 16.3. The molecule has 104 valence electrons. The van der Waals surface area contributed by atoms with Crippen LogP contribution in [0.2, 0.25) is 0 Å². The van der Waals surface area contributed by atoms with Crippen LogP contribution < -0.4 is 11.1 Å². The second kappa shape index (κ2) is 6.58. The molecule has 6 nitrogen and oxygen atoms in total. The van der Waals surface area contributed by atoms with E-state index in [1.54, 1.807) is 4.90 Å². The summed E-state index contributed by atoms with van der Waals surface area (Å²) in [5.74, 6) is 0.139. The molecule has 1 aliphatic heterocycles. The van der Waals surface area contributed by atoms with E-state index in [1.165, 1.54) is 0 Å². The molecule has 3 amide bonds. The largest absolute Gasteiger partial charge is 0.394 e. The number of primary amides is 1. The predicted molar refractivity (Wildman–Crippen MR) is 67.8 cm³/mol. The van der Waals surface area contributed by atoms with E-state index in [4.69, 9.17) is 5.73 Å². The van der Waals surface area contributed by atoms with E-state index < -0.39 is 12.1 Å². The van der Waals surface area contributed by atoms with E-state index in [-0.39, 0.29) is 24.5 Å². The van der Waals surface area contributed by atoms with Crippen LogP contribution in [0.15, 0.2) is 0 Å². The lowest BCUT2D eigenvalue weighted by molar-refractivity contribution is -0.135. The highest BCUT2D eigenvalue weighted by Crippen LogP contribution is 2.19. The fourth-order valence-corrected chi connectivity index (χ4v) is 2.38. The van der Waals surface area contributed by atoms with Gasteiger partial charge in [0.2, 0.25) is 5.91 Å². The van der Waals surface area contributed by atoms with Crippen molar-refractivity contribution in [2.45, 2.75) is 45.2 Å². The van der Waals surface area contributed by atoms with Gasteiger partial charge in [-0.25, -0.2) is 4.79 Å². The topological polar surface area (TPSA) is 95.7 Å². The smallest absolute Gasteiger partial charge is 0.312 e. The number of urea groups is 1. The maximum absolute atomic E-state index is 12.3. The Bertz CT molecular complexity index is 307. The van der Waals surface area contributed by atoms with Crippen molar-refractivity contribution in [1.29, 1.82) is 0 Å². The van der Waals surface area contributed by atoms with Crippen molar-refractivity contribution >= 4 is 11.9 Å². The molecule has 0 radical (unpaired) electrons. The second-order valence-corrected chi connectivity index (χ2v) is 5.20. The number of hydrogen-bond acceptors (Lipinski definition) is 3. The van der Waals surface area contributed by atoms with Gasteiger partial charge in [0.05, 0.1) is 12.6 Å². The average molecular weight is 257 g/mol. The van der Waals surface area contributed by atoms with Crippen molar-refractivity contribution in [2.75, 3.05) is 13.2 Å². The third kappa shape index (κ3) is 3.87. The Balaban J connectivity index is 2.71. The Morgan fingerprint density at radius 1 is 1.50 bits per heavy atom. The molecule has 1 fully saturated rings. The maximum Gasteiger partial charge on any atom is 0.312 e. The number of nitrogens with one attached hydrogen (secondary N) is 1. The Morgan fingerprint density at radius 3 is 2.67 bits per heavy atom. The number of amides is 3. The van der Waals surface area contributed by atoms with Gasteiger partial charge < -0.3 is 21.1 Å². The van der Waals surface area contributed by atoms with Crippen LogP contribution in [0, 0.1) is 5.92 Å². The molecule has 4 N–H and O–H groups in total. The van der Waals surface area contributed by atoms with Gasteiger partial charge in [-0.1, -0.05) is 13.8 Å². The summed E-state index contributed by atoms with van der Waals surface area (Å²) in [5.41, 5.74) is 5.10. The zero-order chi connectivity index (χ0) is 13.7. The van der Waals surface area contributed by atoms with Crippen LogP contribution in [0.25, 0.3) is 0 Å². The van der Waals surface area contributed by atoms with Crippen molar-refractivity contribution in [1.82, 2.24) is 10.2 Å². The molecular weight excluding hydrogens is 234 g/mol. The Kier molecular flexibility index (Phi) is 5.40. The van der Waals surface area contributed by atoms with Gasteiger partial charge >= 0.3 is 6.03 Å². The summed E-state index contributed by atoms with van der Waals surface area (Å²) in [4.78, 5) is 24.9. The molecule has 1 rings (SSSR count). The number of carbonyl (C=O) groups excluding carboxylic acids is 2. The molecule has 1 saturated heterocycles. The summed E-state index contributed by atoms with van der Waals surface area (Å²) in [7, 11) is 0. The van der Waals surface area contributed by atoms with Crippen molar-refractivity contribution in [3.63, 3.8) is 0 Å². The Labute approximate surface area is 108 Å². The number of carbonyl (C=O) groups is 2. The fraction of sp³-hybridized carbons (Fsp3) is 0.833. The average Bonchev–Trinajstić information content (AvgIpc) is 2.73. The fourth-order valence-electron chi connectivity index (χ4n) is 2.38. The molecular formula is C12H23N3O3. The van der Waals surface area contributed by atoms with Gasteiger partial charge in [0.15, 0.2) is 0 Å². The van der Waals surface area contributed by atoms with Crippen LogP contribution in [0.1, 0.15) is 33.1 Å². The van der Waals surface area contributed by atoms with Crippen LogP contribution in [-0.4, -0.2) is 47.2 Å². The first-order chi connectivity index (χ1) is 8.45. The molecule has 0 aromatic heterocycles. The number of aliphatic hydroxyl groups is 1. The zero-order valence-corrected chi connectivity index (χ0v) is 11.1. The number of likely N-dealkylation sites (tertiary alicyclic amines) is 1. The molecule has 0 saturated carbocycles. The van der Waals surface area contributed by atoms with E-state index in [9.17, 15) is 14.7 Å². The van der Waals surface area contributed by atoms with Crippen molar-refractivity contribution in [3.05, 3.63) is 0 Å². The summed E-state index contributed by atoms with van der Waals surface area (Å²) in [6.07, 6.45) is 2.26. The predicted octanol–water partition coefficient (Wildman–Crippen LogP) is 0.0527. The molecule has 1 aliphatic rings. The molecule has 18 heavy (non-hydrogen) atoms. The van der Waals surface area contributed by atoms with Gasteiger partial charge in [0, 0.05) is 6.54 Å². The van der Waals surface area contributed by atoms with E-state index >= 15 is 0 Å².